The largest absolute Gasteiger partial charge is 0.309 e. The Balaban J connectivity index is 0.000000195. The Bertz CT molecular complexity index is 8150. The van der Waals surface area contributed by atoms with E-state index in [-0.39, 0.29) is 0 Å². The number of aromatic nitrogens is 4. The summed E-state index contributed by atoms with van der Waals surface area (Å²) >= 11 is 0. The number of hydrogen-bond acceptors (Lipinski definition) is 0. The summed E-state index contributed by atoms with van der Waals surface area (Å²) in [5, 5.41) is 21.2. The first kappa shape index (κ1) is 113. The van der Waals surface area contributed by atoms with Crippen LogP contribution < -0.4 is 0 Å². The molecule has 144 heavy (non-hydrogen) atoms. The summed E-state index contributed by atoms with van der Waals surface area (Å²) < 4.78 is 9.90. The van der Waals surface area contributed by atoms with Crippen LogP contribution in [0.25, 0.3) is 197 Å². The predicted octanol–water partition coefficient (Wildman–Crippen LogP) is 44.3. The van der Waals surface area contributed by atoms with Crippen LogP contribution in [-0.4, -0.2) is 17.6 Å². The van der Waals surface area contributed by atoms with Gasteiger partial charge in [-0.15, -0.1) is 0 Å². The van der Waals surface area contributed by atoms with Crippen molar-refractivity contribution in [3.63, 3.8) is 0 Å². The van der Waals surface area contributed by atoms with Gasteiger partial charge in [0.2, 0.25) is 0 Å². The Morgan fingerprint density at radius 2 is 0.410 bits per heavy atom. The van der Waals surface area contributed by atoms with Crippen LogP contribution >= 0.6 is 0 Å². The zero-order valence-corrected chi connectivity index (χ0v) is 93.3. The van der Waals surface area contributed by atoms with Crippen molar-refractivity contribution in [2.75, 3.05) is 0 Å². The first-order valence-corrected chi connectivity index (χ1v) is 55.4. The molecule has 4 aliphatic carbocycles. The molecule has 16 aromatic carbocycles. The van der Waals surface area contributed by atoms with Crippen molar-refractivity contribution in [3.05, 3.63) is 408 Å². The van der Waals surface area contributed by atoms with Gasteiger partial charge in [-0.1, -0.05) is 519 Å². The van der Waals surface area contributed by atoms with Crippen LogP contribution in [0, 0.1) is 0 Å². The van der Waals surface area contributed by atoms with Gasteiger partial charge < -0.3 is 17.6 Å². The van der Waals surface area contributed by atoms with Gasteiger partial charge in [0.15, 0.2) is 0 Å². The highest BCUT2D eigenvalue weighted by molar-refractivity contribution is 6.23. The van der Waals surface area contributed by atoms with Crippen LogP contribution in [0.4, 0.5) is 0 Å². The smallest absolute Gasteiger partial charge is 0.0622 e. The van der Waals surface area contributed by atoms with E-state index in [2.05, 4.69) is 382 Å². The van der Waals surface area contributed by atoms with Gasteiger partial charge in [-0.25, -0.2) is 0 Å². The van der Waals surface area contributed by atoms with Crippen molar-refractivity contribution in [1.29, 1.82) is 0 Å². The van der Waals surface area contributed by atoms with E-state index < -0.39 is 0 Å². The van der Waals surface area contributed by atoms with Crippen molar-refractivity contribution in [2.45, 2.75) is 247 Å². The molecule has 744 valence electrons. The molecule has 28 rings (SSSR count). The number of rotatable bonds is 0. The molecule has 4 heteroatoms. The van der Waals surface area contributed by atoms with Crippen molar-refractivity contribution in [2.24, 2.45) is 0 Å². The molecule has 4 nitrogen and oxygen atoms in total. The fraction of sp³-hybridized carbons (Fsp3) is 0.257. The van der Waals surface area contributed by atoms with Gasteiger partial charge in [0, 0.05) is 76.6 Å². The van der Waals surface area contributed by atoms with E-state index >= 15 is 0 Å². The summed E-state index contributed by atoms with van der Waals surface area (Å²) in [5.41, 5.74) is 38.3. The molecule has 24 aromatic rings. The molecular weight excluding hydrogens is 1740 g/mol. The van der Waals surface area contributed by atoms with E-state index in [0.717, 1.165) is 25.7 Å². The molecule has 4 aliphatic rings. The number of hydrogen-bond donors (Lipinski definition) is 0. The van der Waals surface area contributed by atoms with Crippen LogP contribution in [0.5, 0.6) is 0 Å². The van der Waals surface area contributed by atoms with E-state index in [1.165, 1.54) is 241 Å². The van der Waals surface area contributed by atoms with Gasteiger partial charge in [0.25, 0.3) is 0 Å². The lowest BCUT2D eigenvalue weighted by molar-refractivity contribution is 1.24. The molecule has 8 heterocycles. The molecule has 0 saturated heterocycles. The predicted molar refractivity (Wildman–Crippen MR) is 654 cm³/mol. The highest BCUT2D eigenvalue weighted by Gasteiger charge is 2.29. The molecule has 0 bridgehead atoms. The van der Waals surface area contributed by atoms with Gasteiger partial charge in [-0.05, 0) is 191 Å². The Hall–Kier alpha value is -14.3. The number of fused-ring (bicyclic) bond motifs is 47. The fourth-order valence-corrected chi connectivity index (χ4v) is 20.7. The molecule has 0 amide bonds. The summed E-state index contributed by atoms with van der Waals surface area (Å²) in [6.07, 6.45) is 4.06. The quantitative estimate of drug-likeness (QED) is 0.135. The lowest BCUT2D eigenvalue weighted by atomic mass is 9.97. The zero-order chi connectivity index (χ0) is 105. The molecule has 0 fully saturated rings. The van der Waals surface area contributed by atoms with E-state index in [1.54, 1.807) is 0 Å². The monoisotopic (exact) mass is 1900 g/mol. The Labute approximate surface area is 864 Å². The molecule has 8 aromatic heterocycles. The van der Waals surface area contributed by atoms with Crippen molar-refractivity contribution in [3.8, 4) is 44.5 Å². The highest BCUT2D eigenvalue weighted by atomic mass is 14.9. The third-order valence-corrected chi connectivity index (χ3v) is 25.5. The summed E-state index contributed by atoms with van der Waals surface area (Å²) in [6, 6.07) is 134. The molecule has 0 unspecified atom stereocenters. The maximum absolute atomic E-state index is 2.50. The summed E-state index contributed by atoms with van der Waals surface area (Å²) in [4.78, 5) is 0. The Kier molecular flexibility index (Phi) is 44.0. The maximum atomic E-state index is 2.50. The Morgan fingerprint density at radius 1 is 0.139 bits per heavy atom. The summed E-state index contributed by atoms with van der Waals surface area (Å²) in [5.74, 6) is 0. The van der Waals surface area contributed by atoms with Crippen molar-refractivity contribution < 1.29 is 0 Å². The average Bonchev–Trinajstić information content (AvgIpc) is 1.57. The molecule has 0 radical (unpaired) electrons. The van der Waals surface area contributed by atoms with Gasteiger partial charge in [0.1, 0.15) is 0 Å². The minimum atomic E-state index is 1.00. The molecule has 0 N–H and O–H groups in total. The first-order valence-electron chi connectivity index (χ1n) is 55.4. The van der Waals surface area contributed by atoms with Crippen LogP contribution in [-0.2, 0) is 25.7 Å². The lowest BCUT2D eigenvalue weighted by Gasteiger charge is -2.14. The minimum Gasteiger partial charge on any atom is -0.309 e. The van der Waals surface area contributed by atoms with Crippen LogP contribution in [0.1, 0.15) is 266 Å². The van der Waals surface area contributed by atoms with Gasteiger partial charge in [-0.2, -0.15) is 0 Å². The third-order valence-electron chi connectivity index (χ3n) is 25.5. The minimum absolute atomic E-state index is 1.00. The van der Waals surface area contributed by atoms with Crippen LogP contribution in [0.3, 0.4) is 0 Å². The normalized spacial score (nSPS) is 10.7. The number of nitrogens with zero attached hydrogens (tertiary/aromatic N) is 4. The number of pyridine rings is 4. The van der Waals surface area contributed by atoms with E-state index in [4.69, 9.17) is 0 Å². The summed E-state index contributed by atoms with van der Waals surface area (Å²) in [6.45, 7) is 64.0. The zero-order valence-electron chi connectivity index (χ0n) is 93.3. The molecule has 0 spiro atoms. The number of para-hydroxylation sites is 4. The van der Waals surface area contributed by atoms with Gasteiger partial charge in [0.05, 0.1) is 66.2 Å². The van der Waals surface area contributed by atoms with Crippen molar-refractivity contribution >= 4 is 152 Å². The molecule has 0 aliphatic heterocycles. The van der Waals surface area contributed by atoms with Crippen molar-refractivity contribution in [1.82, 2.24) is 17.6 Å². The third kappa shape index (κ3) is 21.0. The second kappa shape index (κ2) is 55.9. The highest BCUT2D eigenvalue weighted by Crippen LogP contribution is 2.50. The fourth-order valence-electron chi connectivity index (χ4n) is 20.7. The molecular formula is C140H164N4. The van der Waals surface area contributed by atoms with E-state index in [0.29, 0.717) is 0 Å². The van der Waals surface area contributed by atoms with Crippen LogP contribution in [0.15, 0.2) is 364 Å². The number of benzene rings is 16. The standard InChI is InChI=1S/4C27H17N.16C2H6/c1-3-9-20-17(7-1)13-19-15-27-24(16-23(19)20)21-10-4-5-11-22(21)26-14-18-8-2-6-12-25(18)28(26)27;1-3-9-20-17(7-1)15-19-13-14-23-21-10-4-5-11-22(21)25-16-18-8-2-6-12-24(18)28(25)27(23)26(19)20;1-3-9-19-17(7-1)15-23-20(19)13-14-25-27(23)22-11-5-4-10-21(22)26-16-18-8-2-6-12-24(18)28(25)26;1-3-9-19-17(7-1)15-24-21(19)13-14-23-20-10-4-5-11-22(20)26-16-18-8-2-6-12-25(18)28(26)27(23)24;16*1-2/h1-12,14-16H,13H2;3*1-14,16H,15H2;16*1-2H3. The average molecular weight is 1900 g/mol. The van der Waals surface area contributed by atoms with Crippen LogP contribution in [0.2, 0.25) is 0 Å². The SMILES string of the molecule is CC.CC.CC.CC.CC.CC.CC.CC.CC.CC.CC.CC.CC.CC.CC.CC.c1ccc2c(c1)Cc1c-2ccc2c1c1ccccc1c1cc3ccccc3n12.c1ccc2c(c1)Cc1c-2ccc2c3ccccc3c3cc4ccccc4n3c12.c1ccc2c(c1)Cc1cc3c(cc1-2)c1ccccc1c1cc2ccccc2n31.c1ccc2c(c1)Cc1ccc3c4ccccc4c4cc5ccccc5n4c3c1-2. The second-order valence-corrected chi connectivity index (χ2v) is 31.2. The van der Waals surface area contributed by atoms with E-state index in [9.17, 15) is 0 Å². The van der Waals surface area contributed by atoms with Gasteiger partial charge in [-0.3, -0.25) is 0 Å². The molecule has 0 saturated carbocycles. The Morgan fingerprint density at radius 3 is 0.840 bits per heavy atom. The lowest BCUT2D eigenvalue weighted by Crippen LogP contribution is -1.95. The summed E-state index contributed by atoms with van der Waals surface area (Å²) in [7, 11) is 0. The topological polar surface area (TPSA) is 17.6 Å². The first-order chi connectivity index (χ1) is 71.6. The molecule has 0 atom stereocenters. The van der Waals surface area contributed by atoms with E-state index in [1.807, 2.05) is 222 Å². The second-order valence-electron chi connectivity index (χ2n) is 31.2. The van der Waals surface area contributed by atoms with Gasteiger partial charge >= 0.3 is 0 Å². The maximum Gasteiger partial charge on any atom is 0.0622 e.